The lowest BCUT2D eigenvalue weighted by Gasteiger charge is -2.07. The maximum atomic E-state index is 13.0. The third-order valence-electron chi connectivity index (χ3n) is 3.48. The molecular weight excluding hydrogens is 323 g/mol. The van der Waals surface area contributed by atoms with Gasteiger partial charge in [-0.3, -0.25) is 0 Å². The Morgan fingerprint density at radius 2 is 1.89 bits per heavy atom. The molecule has 0 N–H and O–H groups in total. The minimum atomic E-state index is -0.196. The van der Waals surface area contributed by atoms with Crippen molar-refractivity contribution in [2.45, 2.75) is 29.9 Å². The quantitative estimate of drug-likeness (QED) is 0.679. The third kappa shape index (κ3) is 3.03. The van der Waals surface area contributed by atoms with Crippen LogP contribution in [0, 0.1) is 5.82 Å². The van der Waals surface area contributed by atoms with Crippen LogP contribution in [0.15, 0.2) is 45.8 Å². The summed E-state index contributed by atoms with van der Waals surface area (Å²) < 4.78 is 13.9. The van der Waals surface area contributed by atoms with Crippen LogP contribution in [0.5, 0.6) is 0 Å². The molecule has 1 aliphatic rings. The van der Waals surface area contributed by atoms with E-state index < -0.39 is 0 Å². The van der Waals surface area contributed by atoms with Gasteiger partial charge in [0.25, 0.3) is 0 Å². The molecule has 0 bridgehead atoms. The summed E-state index contributed by atoms with van der Waals surface area (Å²) in [6.07, 6.45) is 3.72. The summed E-state index contributed by atoms with van der Waals surface area (Å²) in [4.78, 5) is 1.30. The van der Waals surface area contributed by atoms with E-state index in [0.29, 0.717) is 0 Å². The number of hydrogen-bond donors (Lipinski definition) is 0. The minimum absolute atomic E-state index is 0.196. The largest absolute Gasteiger partial charge is 0.207 e. The SMILES string of the molecule is Fc1ccc(CSc2ccc3c(c2)CCC3)c(Br)c1. The fourth-order valence-corrected chi connectivity index (χ4v) is 4.08. The number of aryl methyl sites for hydroxylation is 2. The topological polar surface area (TPSA) is 0 Å². The van der Waals surface area contributed by atoms with E-state index in [0.717, 1.165) is 15.8 Å². The van der Waals surface area contributed by atoms with E-state index in [1.165, 1.54) is 47.4 Å². The van der Waals surface area contributed by atoms with Crippen molar-refractivity contribution < 1.29 is 4.39 Å². The Morgan fingerprint density at radius 1 is 1.05 bits per heavy atom. The van der Waals surface area contributed by atoms with Crippen molar-refractivity contribution in [3.8, 4) is 0 Å². The maximum absolute atomic E-state index is 13.0. The fourth-order valence-electron chi connectivity index (χ4n) is 2.44. The number of hydrogen-bond acceptors (Lipinski definition) is 1. The summed E-state index contributed by atoms with van der Waals surface area (Å²) in [5, 5.41) is 0. The average molecular weight is 337 g/mol. The minimum Gasteiger partial charge on any atom is -0.207 e. The highest BCUT2D eigenvalue weighted by atomic mass is 79.9. The number of fused-ring (bicyclic) bond motifs is 1. The van der Waals surface area contributed by atoms with Crippen LogP contribution < -0.4 is 0 Å². The first-order valence-electron chi connectivity index (χ1n) is 6.41. The van der Waals surface area contributed by atoms with Gasteiger partial charge in [0.15, 0.2) is 0 Å². The Balaban J connectivity index is 1.72. The van der Waals surface area contributed by atoms with Gasteiger partial charge in [-0.15, -0.1) is 11.8 Å². The van der Waals surface area contributed by atoms with Crippen molar-refractivity contribution in [1.29, 1.82) is 0 Å². The molecule has 0 aliphatic heterocycles. The van der Waals surface area contributed by atoms with Crippen LogP contribution in [0.2, 0.25) is 0 Å². The van der Waals surface area contributed by atoms with Gasteiger partial charge in [-0.25, -0.2) is 4.39 Å². The van der Waals surface area contributed by atoms with E-state index in [2.05, 4.69) is 34.1 Å². The van der Waals surface area contributed by atoms with Gasteiger partial charge in [-0.05, 0) is 60.2 Å². The molecule has 0 nitrogen and oxygen atoms in total. The molecule has 3 heteroatoms. The smallest absolute Gasteiger partial charge is 0.124 e. The molecule has 1 aliphatic carbocycles. The lowest BCUT2D eigenvalue weighted by Crippen LogP contribution is -1.86. The van der Waals surface area contributed by atoms with Crippen molar-refractivity contribution in [2.24, 2.45) is 0 Å². The molecule has 0 aromatic heterocycles. The molecule has 0 heterocycles. The number of rotatable bonds is 3. The van der Waals surface area contributed by atoms with E-state index in [1.54, 1.807) is 0 Å². The first-order valence-corrected chi connectivity index (χ1v) is 8.19. The molecule has 0 spiro atoms. The predicted octanol–water partition coefficient (Wildman–Crippen LogP) is 5.37. The predicted molar refractivity (Wildman–Crippen MR) is 82.1 cm³/mol. The lowest BCUT2D eigenvalue weighted by molar-refractivity contribution is 0.626. The Bertz CT molecular complexity index is 610. The van der Waals surface area contributed by atoms with Crippen LogP contribution in [-0.4, -0.2) is 0 Å². The van der Waals surface area contributed by atoms with Crippen LogP contribution in [0.3, 0.4) is 0 Å². The van der Waals surface area contributed by atoms with Crippen molar-refractivity contribution in [3.05, 3.63) is 63.4 Å². The molecule has 0 unspecified atom stereocenters. The van der Waals surface area contributed by atoms with Crippen molar-refractivity contribution in [1.82, 2.24) is 0 Å². The first-order chi connectivity index (χ1) is 9.22. The van der Waals surface area contributed by atoms with Gasteiger partial charge < -0.3 is 0 Å². The van der Waals surface area contributed by atoms with Gasteiger partial charge in [-0.2, -0.15) is 0 Å². The maximum Gasteiger partial charge on any atom is 0.124 e. The zero-order valence-corrected chi connectivity index (χ0v) is 12.9. The van der Waals surface area contributed by atoms with Crippen molar-refractivity contribution in [2.75, 3.05) is 0 Å². The number of halogens is 2. The van der Waals surface area contributed by atoms with Gasteiger partial charge in [0, 0.05) is 15.1 Å². The highest BCUT2D eigenvalue weighted by Crippen LogP contribution is 2.31. The third-order valence-corrected chi connectivity index (χ3v) is 5.26. The number of benzene rings is 2. The molecule has 0 radical (unpaired) electrons. The standard InChI is InChI=1S/C16H14BrFS/c17-16-9-14(18)6-4-13(16)10-19-15-7-5-11-2-1-3-12(11)8-15/h4-9H,1-3,10H2. The van der Waals surface area contributed by atoms with Crippen LogP contribution in [0.1, 0.15) is 23.1 Å². The van der Waals surface area contributed by atoms with Gasteiger partial charge in [0.2, 0.25) is 0 Å². The van der Waals surface area contributed by atoms with E-state index in [4.69, 9.17) is 0 Å². The van der Waals surface area contributed by atoms with Crippen LogP contribution >= 0.6 is 27.7 Å². The molecule has 0 amide bonds. The first kappa shape index (κ1) is 13.2. The summed E-state index contributed by atoms with van der Waals surface area (Å²) >= 11 is 5.22. The van der Waals surface area contributed by atoms with Gasteiger partial charge in [-0.1, -0.05) is 28.1 Å². The Morgan fingerprint density at radius 3 is 2.74 bits per heavy atom. The Kier molecular flexibility index (Phi) is 3.94. The monoisotopic (exact) mass is 336 g/mol. The second kappa shape index (κ2) is 5.68. The van der Waals surface area contributed by atoms with Gasteiger partial charge >= 0.3 is 0 Å². The average Bonchev–Trinajstić information content (AvgIpc) is 2.85. The molecule has 2 aromatic carbocycles. The van der Waals surface area contributed by atoms with Crippen molar-refractivity contribution >= 4 is 27.7 Å². The number of thioether (sulfide) groups is 1. The molecular formula is C16H14BrFS. The molecule has 0 saturated heterocycles. The molecule has 0 atom stereocenters. The fraction of sp³-hybridized carbons (Fsp3) is 0.250. The summed E-state index contributed by atoms with van der Waals surface area (Å²) in [5.41, 5.74) is 4.14. The highest BCUT2D eigenvalue weighted by molar-refractivity contribution is 9.10. The summed E-state index contributed by atoms with van der Waals surface area (Å²) in [6.45, 7) is 0. The van der Waals surface area contributed by atoms with Crippen LogP contribution in [-0.2, 0) is 18.6 Å². The normalized spacial score (nSPS) is 13.6. The molecule has 98 valence electrons. The van der Waals surface area contributed by atoms with E-state index >= 15 is 0 Å². The van der Waals surface area contributed by atoms with E-state index in [1.807, 2.05) is 17.8 Å². The van der Waals surface area contributed by atoms with Gasteiger partial charge in [0.05, 0.1) is 0 Å². The molecule has 0 fully saturated rings. The molecule has 19 heavy (non-hydrogen) atoms. The molecule has 2 aromatic rings. The highest BCUT2D eigenvalue weighted by Gasteiger charge is 2.11. The van der Waals surface area contributed by atoms with Gasteiger partial charge in [0.1, 0.15) is 5.82 Å². The molecule has 0 saturated carbocycles. The molecule has 3 rings (SSSR count). The second-order valence-corrected chi connectivity index (χ2v) is 6.71. The second-order valence-electron chi connectivity index (χ2n) is 4.81. The zero-order valence-electron chi connectivity index (χ0n) is 10.5. The summed E-state index contributed by atoms with van der Waals surface area (Å²) in [7, 11) is 0. The van der Waals surface area contributed by atoms with Crippen LogP contribution in [0.25, 0.3) is 0 Å². The van der Waals surface area contributed by atoms with E-state index in [9.17, 15) is 4.39 Å². The summed E-state index contributed by atoms with van der Waals surface area (Å²) in [6, 6.07) is 11.7. The Hall–Kier alpha value is -0.800. The summed E-state index contributed by atoms with van der Waals surface area (Å²) in [5.74, 6) is 0.665. The zero-order chi connectivity index (χ0) is 13.2. The lowest BCUT2D eigenvalue weighted by atomic mass is 10.1. The van der Waals surface area contributed by atoms with Crippen molar-refractivity contribution in [3.63, 3.8) is 0 Å². The van der Waals surface area contributed by atoms with E-state index in [-0.39, 0.29) is 5.82 Å². The Labute approximate surface area is 125 Å². The van der Waals surface area contributed by atoms with Crippen LogP contribution in [0.4, 0.5) is 4.39 Å².